The molecule has 4 aromatic rings. The monoisotopic (exact) mass is 478 g/mol. The highest BCUT2D eigenvalue weighted by atomic mass is 19.1. The topological polar surface area (TPSA) is 82.6 Å². The van der Waals surface area contributed by atoms with Crippen molar-refractivity contribution in [3.8, 4) is 28.6 Å². The number of nitrogens with zero attached hydrogens (tertiary/aromatic N) is 4. The highest BCUT2D eigenvalue weighted by molar-refractivity contribution is 5.86. The smallest absolute Gasteiger partial charge is 0.263 e. The number of morpholine rings is 1. The number of hydrogen-bond acceptors (Lipinski definition) is 7. The molecule has 0 aliphatic carbocycles. The fraction of sp³-hybridized carbons (Fsp3) is 0.346. The van der Waals surface area contributed by atoms with Crippen LogP contribution in [0, 0.1) is 5.82 Å². The van der Waals surface area contributed by atoms with Gasteiger partial charge in [0.2, 0.25) is 11.3 Å². The van der Waals surface area contributed by atoms with Gasteiger partial charge in [0, 0.05) is 36.8 Å². The molecule has 5 rings (SSSR count). The second kappa shape index (κ2) is 9.50. The Bertz CT molecular complexity index is 1410. The summed E-state index contributed by atoms with van der Waals surface area (Å²) in [7, 11) is 0. The number of fused-ring (bicyclic) bond motifs is 1. The first-order valence-corrected chi connectivity index (χ1v) is 11.7. The Kier molecular flexibility index (Phi) is 6.25. The third kappa shape index (κ3) is 4.51. The third-order valence-electron chi connectivity index (χ3n) is 5.98. The van der Waals surface area contributed by atoms with E-state index in [0.29, 0.717) is 49.9 Å². The van der Waals surface area contributed by atoms with Gasteiger partial charge < -0.3 is 23.5 Å². The van der Waals surface area contributed by atoms with Crippen LogP contribution < -0.4 is 15.1 Å². The van der Waals surface area contributed by atoms with Crippen molar-refractivity contribution in [2.75, 3.05) is 31.2 Å². The van der Waals surface area contributed by atoms with Crippen molar-refractivity contribution < 1.29 is 18.4 Å². The van der Waals surface area contributed by atoms with Gasteiger partial charge in [-0.2, -0.15) is 4.98 Å². The summed E-state index contributed by atoms with van der Waals surface area (Å²) in [4.78, 5) is 19.8. The molecule has 1 aliphatic rings. The highest BCUT2D eigenvalue weighted by Crippen LogP contribution is 2.28. The minimum absolute atomic E-state index is 0.0704. The maximum Gasteiger partial charge on any atom is 0.263 e. The van der Waals surface area contributed by atoms with E-state index in [1.165, 1.54) is 6.07 Å². The van der Waals surface area contributed by atoms with Gasteiger partial charge in [-0.3, -0.25) is 4.79 Å². The first-order chi connectivity index (χ1) is 16.9. The van der Waals surface area contributed by atoms with Gasteiger partial charge >= 0.3 is 0 Å². The van der Waals surface area contributed by atoms with Gasteiger partial charge in [0.1, 0.15) is 17.1 Å². The molecule has 1 saturated heterocycles. The Hall–Kier alpha value is -3.72. The zero-order chi connectivity index (χ0) is 24.5. The number of pyridine rings is 1. The molecule has 182 valence electrons. The zero-order valence-electron chi connectivity index (χ0n) is 20.0. The van der Waals surface area contributed by atoms with Gasteiger partial charge in [-0.1, -0.05) is 5.16 Å². The van der Waals surface area contributed by atoms with E-state index >= 15 is 4.39 Å². The molecular weight excluding hydrogens is 451 g/mol. The molecule has 35 heavy (non-hydrogen) atoms. The summed E-state index contributed by atoms with van der Waals surface area (Å²) in [5.74, 6) is 0.749. The van der Waals surface area contributed by atoms with Crippen LogP contribution in [0.25, 0.3) is 33.7 Å². The van der Waals surface area contributed by atoms with Crippen LogP contribution in [0.5, 0.6) is 5.75 Å². The van der Waals surface area contributed by atoms with Crippen LogP contribution >= 0.6 is 0 Å². The van der Waals surface area contributed by atoms with Crippen molar-refractivity contribution in [2.24, 2.45) is 0 Å². The van der Waals surface area contributed by atoms with Crippen molar-refractivity contribution >= 4 is 16.6 Å². The van der Waals surface area contributed by atoms with Crippen LogP contribution in [0.3, 0.4) is 0 Å². The largest absolute Gasteiger partial charge is 0.491 e. The minimum atomic E-state index is -0.439. The Morgan fingerprint density at radius 3 is 2.57 bits per heavy atom. The Labute approximate surface area is 201 Å². The summed E-state index contributed by atoms with van der Waals surface area (Å²) in [5, 5.41) is 4.33. The van der Waals surface area contributed by atoms with Crippen molar-refractivity contribution in [1.82, 2.24) is 14.7 Å². The number of ether oxygens (including phenoxy) is 2. The summed E-state index contributed by atoms with van der Waals surface area (Å²) in [6, 6.07) is 10.4. The number of rotatable bonds is 6. The molecule has 3 heterocycles. The summed E-state index contributed by atoms with van der Waals surface area (Å²) in [5.41, 5.74) is 1.74. The van der Waals surface area contributed by atoms with Crippen LogP contribution in [-0.4, -0.2) is 47.1 Å². The predicted molar refractivity (Wildman–Crippen MR) is 131 cm³/mol. The Morgan fingerprint density at radius 2 is 1.89 bits per heavy atom. The lowest BCUT2D eigenvalue weighted by atomic mass is 10.1. The van der Waals surface area contributed by atoms with E-state index in [0.717, 1.165) is 11.3 Å². The molecule has 1 fully saturated rings. The van der Waals surface area contributed by atoms with E-state index in [1.54, 1.807) is 12.3 Å². The molecule has 0 spiro atoms. The standard InChI is InChI=1S/C26H27FN4O4/c1-4-30-15-20(26-28-25(29-35-26)17-5-7-18(8-6-17)34-16(2)3)24(32)19-13-21(27)23(14-22(19)30)31-9-11-33-12-10-31/h5-8,13-16H,4,9-12H2,1-3H3. The van der Waals surface area contributed by atoms with Crippen LogP contribution in [0.2, 0.25) is 0 Å². The van der Waals surface area contributed by atoms with Crippen molar-refractivity contribution in [1.29, 1.82) is 0 Å². The molecule has 0 amide bonds. The molecule has 0 bridgehead atoms. The van der Waals surface area contributed by atoms with Gasteiger partial charge in [0.25, 0.3) is 5.89 Å². The van der Waals surface area contributed by atoms with Gasteiger partial charge in [-0.15, -0.1) is 0 Å². The average Bonchev–Trinajstić information content (AvgIpc) is 3.35. The van der Waals surface area contributed by atoms with E-state index in [-0.39, 0.29) is 28.4 Å². The molecule has 2 aromatic carbocycles. The molecule has 0 N–H and O–H groups in total. The summed E-state index contributed by atoms with van der Waals surface area (Å²) in [6.45, 7) is 8.76. The molecule has 2 aromatic heterocycles. The predicted octanol–water partition coefficient (Wildman–Crippen LogP) is 4.50. The number of aromatic nitrogens is 3. The average molecular weight is 479 g/mol. The van der Waals surface area contributed by atoms with Crippen molar-refractivity contribution in [2.45, 2.75) is 33.4 Å². The Balaban J connectivity index is 1.53. The molecule has 0 atom stereocenters. The molecule has 1 aliphatic heterocycles. The second-order valence-electron chi connectivity index (χ2n) is 8.69. The number of aryl methyl sites for hydroxylation is 1. The number of halogens is 1. The van der Waals surface area contributed by atoms with E-state index < -0.39 is 5.82 Å². The van der Waals surface area contributed by atoms with Crippen molar-refractivity contribution in [3.05, 3.63) is 58.6 Å². The molecular formula is C26H27FN4O4. The number of benzene rings is 2. The quantitative estimate of drug-likeness (QED) is 0.403. The van der Waals surface area contributed by atoms with Crippen LogP contribution in [0.1, 0.15) is 20.8 Å². The summed E-state index contributed by atoms with van der Waals surface area (Å²) in [6.07, 6.45) is 1.77. The first kappa shape index (κ1) is 23.0. The first-order valence-electron chi connectivity index (χ1n) is 11.7. The van der Waals surface area contributed by atoms with E-state index in [1.807, 2.05) is 54.5 Å². The van der Waals surface area contributed by atoms with E-state index in [2.05, 4.69) is 10.1 Å². The molecule has 8 nitrogen and oxygen atoms in total. The van der Waals surface area contributed by atoms with Crippen LogP contribution in [-0.2, 0) is 11.3 Å². The minimum Gasteiger partial charge on any atom is -0.491 e. The molecule has 0 unspecified atom stereocenters. The van der Waals surface area contributed by atoms with Gasteiger partial charge in [-0.25, -0.2) is 4.39 Å². The lowest BCUT2D eigenvalue weighted by Crippen LogP contribution is -2.36. The normalized spacial score (nSPS) is 14.1. The Morgan fingerprint density at radius 1 is 1.14 bits per heavy atom. The van der Waals surface area contributed by atoms with E-state index in [4.69, 9.17) is 14.0 Å². The fourth-order valence-electron chi connectivity index (χ4n) is 4.26. The summed E-state index contributed by atoms with van der Waals surface area (Å²) < 4.78 is 33.5. The fourth-order valence-corrected chi connectivity index (χ4v) is 4.26. The summed E-state index contributed by atoms with van der Waals surface area (Å²) >= 11 is 0. The SMILES string of the molecule is CCn1cc(-c2nc(-c3ccc(OC(C)C)cc3)no2)c(=O)c2cc(F)c(N3CCOCC3)cc21. The van der Waals surface area contributed by atoms with E-state index in [9.17, 15) is 4.79 Å². The number of anilines is 1. The zero-order valence-corrected chi connectivity index (χ0v) is 20.0. The lowest BCUT2D eigenvalue weighted by Gasteiger charge is -2.29. The maximum atomic E-state index is 15.1. The van der Waals surface area contributed by atoms with Gasteiger partial charge in [0.15, 0.2) is 0 Å². The molecule has 0 saturated carbocycles. The molecule has 0 radical (unpaired) electrons. The second-order valence-corrected chi connectivity index (χ2v) is 8.69. The lowest BCUT2D eigenvalue weighted by molar-refractivity contribution is 0.122. The maximum absolute atomic E-state index is 15.1. The van der Waals surface area contributed by atoms with Gasteiger partial charge in [-0.05, 0) is 57.2 Å². The van der Waals surface area contributed by atoms with Crippen LogP contribution in [0.4, 0.5) is 10.1 Å². The molecule has 9 heteroatoms. The van der Waals surface area contributed by atoms with Gasteiger partial charge in [0.05, 0.1) is 30.5 Å². The third-order valence-corrected chi connectivity index (χ3v) is 5.98. The number of hydrogen-bond donors (Lipinski definition) is 0. The van der Waals surface area contributed by atoms with Crippen LogP contribution in [0.15, 0.2) is 51.9 Å². The van der Waals surface area contributed by atoms with Crippen molar-refractivity contribution in [3.63, 3.8) is 0 Å². The highest BCUT2D eigenvalue weighted by Gasteiger charge is 2.21.